The molecule has 2 rings (SSSR count). The minimum atomic E-state index is -0.549. The van der Waals surface area contributed by atoms with Crippen LogP contribution < -0.4 is 5.32 Å². The van der Waals surface area contributed by atoms with E-state index in [1.807, 2.05) is 57.2 Å². The molecule has 0 aromatic heterocycles. The van der Waals surface area contributed by atoms with E-state index < -0.39 is 6.04 Å². The van der Waals surface area contributed by atoms with E-state index in [2.05, 4.69) is 5.32 Å². The highest BCUT2D eigenvalue weighted by Crippen LogP contribution is 2.22. The summed E-state index contributed by atoms with van der Waals surface area (Å²) in [5.41, 5.74) is 2.14. The van der Waals surface area contributed by atoms with E-state index in [9.17, 15) is 9.59 Å². The van der Waals surface area contributed by atoms with Gasteiger partial charge in [0.1, 0.15) is 6.04 Å². The van der Waals surface area contributed by atoms with E-state index in [4.69, 9.17) is 11.6 Å². The van der Waals surface area contributed by atoms with Crippen LogP contribution in [0.25, 0.3) is 0 Å². The molecule has 0 aliphatic heterocycles. The first-order chi connectivity index (χ1) is 13.8. The van der Waals surface area contributed by atoms with E-state index in [1.54, 1.807) is 24.0 Å². The van der Waals surface area contributed by atoms with E-state index >= 15 is 0 Å². The summed E-state index contributed by atoms with van der Waals surface area (Å²) in [5.74, 6) is 0.414. The molecule has 0 aliphatic rings. The summed E-state index contributed by atoms with van der Waals surface area (Å²) in [6.07, 6.45) is 0. The fourth-order valence-corrected chi connectivity index (χ4v) is 3.71. The van der Waals surface area contributed by atoms with Crippen molar-refractivity contribution in [3.05, 3.63) is 64.7 Å². The van der Waals surface area contributed by atoms with Crippen LogP contribution in [-0.2, 0) is 16.1 Å². The predicted molar refractivity (Wildman–Crippen MR) is 121 cm³/mol. The van der Waals surface area contributed by atoms with Crippen molar-refractivity contribution in [3.8, 4) is 0 Å². The Morgan fingerprint density at radius 3 is 2.41 bits per heavy atom. The number of aryl methyl sites for hydroxylation is 1. The van der Waals surface area contributed by atoms with Crippen LogP contribution in [0.1, 0.15) is 31.9 Å². The summed E-state index contributed by atoms with van der Waals surface area (Å²) >= 11 is 7.37. The summed E-state index contributed by atoms with van der Waals surface area (Å²) < 4.78 is 0. The number of carbonyl (C=O) groups is 2. The molecule has 0 fully saturated rings. The van der Waals surface area contributed by atoms with Crippen molar-refractivity contribution in [2.45, 2.75) is 45.2 Å². The van der Waals surface area contributed by atoms with Gasteiger partial charge in [-0.25, -0.2) is 0 Å². The van der Waals surface area contributed by atoms with Crippen LogP contribution in [0, 0.1) is 12.8 Å². The zero-order valence-corrected chi connectivity index (χ0v) is 19.0. The standard InChI is InChI=1S/C23H29ClN2O2S/c1-16(2)13-25-23(28)18(4)26(14-19-7-5-6-17(3)12-19)22(27)15-29-21-10-8-20(24)9-11-21/h5-12,16,18H,13-15H2,1-4H3,(H,25,28)/t18-/m0/s1. The van der Waals surface area contributed by atoms with Crippen LogP contribution >= 0.6 is 23.4 Å². The van der Waals surface area contributed by atoms with Gasteiger partial charge in [-0.3, -0.25) is 9.59 Å². The minimum Gasteiger partial charge on any atom is -0.354 e. The van der Waals surface area contributed by atoms with E-state index in [0.717, 1.165) is 16.0 Å². The highest BCUT2D eigenvalue weighted by atomic mass is 35.5. The number of carbonyl (C=O) groups excluding carboxylic acids is 2. The van der Waals surface area contributed by atoms with Crippen molar-refractivity contribution < 1.29 is 9.59 Å². The Morgan fingerprint density at radius 1 is 1.10 bits per heavy atom. The monoisotopic (exact) mass is 432 g/mol. The van der Waals surface area contributed by atoms with Crippen molar-refractivity contribution in [1.82, 2.24) is 10.2 Å². The molecule has 1 N–H and O–H groups in total. The molecule has 6 heteroatoms. The molecule has 1 atom stereocenters. The molecule has 156 valence electrons. The average Bonchev–Trinajstić information content (AvgIpc) is 2.69. The maximum absolute atomic E-state index is 13.1. The van der Waals surface area contributed by atoms with Crippen LogP contribution in [0.4, 0.5) is 0 Å². The summed E-state index contributed by atoms with van der Waals surface area (Å²) in [7, 11) is 0. The first-order valence-electron chi connectivity index (χ1n) is 9.77. The van der Waals surface area contributed by atoms with Crippen LogP contribution in [0.2, 0.25) is 5.02 Å². The molecule has 4 nitrogen and oxygen atoms in total. The van der Waals surface area contributed by atoms with Gasteiger partial charge in [0, 0.05) is 23.0 Å². The van der Waals surface area contributed by atoms with Gasteiger partial charge in [-0.2, -0.15) is 0 Å². The summed E-state index contributed by atoms with van der Waals surface area (Å²) in [4.78, 5) is 28.3. The predicted octanol–water partition coefficient (Wildman–Crippen LogP) is 4.93. The third-order valence-electron chi connectivity index (χ3n) is 4.46. The zero-order valence-electron chi connectivity index (χ0n) is 17.4. The van der Waals surface area contributed by atoms with Gasteiger partial charge < -0.3 is 10.2 Å². The SMILES string of the molecule is Cc1cccc(CN(C(=O)CSc2ccc(Cl)cc2)[C@@H](C)C(=O)NCC(C)C)c1. The molecule has 0 bridgehead atoms. The van der Waals surface area contributed by atoms with Gasteiger partial charge in [0.15, 0.2) is 0 Å². The largest absolute Gasteiger partial charge is 0.354 e. The molecule has 29 heavy (non-hydrogen) atoms. The third-order valence-corrected chi connectivity index (χ3v) is 5.71. The first-order valence-corrected chi connectivity index (χ1v) is 11.1. The number of hydrogen-bond donors (Lipinski definition) is 1. The lowest BCUT2D eigenvalue weighted by molar-refractivity contribution is -0.138. The Bertz CT molecular complexity index is 824. The summed E-state index contributed by atoms with van der Waals surface area (Å²) in [6, 6.07) is 14.9. The fraction of sp³-hybridized carbons (Fsp3) is 0.391. The van der Waals surface area contributed by atoms with E-state index in [1.165, 1.54) is 11.8 Å². The van der Waals surface area contributed by atoms with Crippen LogP contribution in [0.3, 0.4) is 0 Å². The number of halogens is 1. The highest BCUT2D eigenvalue weighted by molar-refractivity contribution is 8.00. The average molecular weight is 433 g/mol. The lowest BCUT2D eigenvalue weighted by Crippen LogP contribution is -2.48. The number of rotatable bonds is 9. The number of amides is 2. The Balaban J connectivity index is 2.12. The van der Waals surface area contributed by atoms with Crippen molar-refractivity contribution >= 4 is 35.2 Å². The highest BCUT2D eigenvalue weighted by Gasteiger charge is 2.26. The third kappa shape index (κ3) is 7.75. The molecule has 0 heterocycles. The Labute approximate surface area is 183 Å². The smallest absolute Gasteiger partial charge is 0.242 e. The van der Waals surface area contributed by atoms with Gasteiger partial charge >= 0.3 is 0 Å². The topological polar surface area (TPSA) is 49.4 Å². The second-order valence-electron chi connectivity index (χ2n) is 7.57. The van der Waals surface area contributed by atoms with Gasteiger partial charge in [0.2, 0.25) is 11.8 Å². The maximum Gasteiger partial charge on any atom is 0.242 e. The second-order valence-corrected chi connectivity index (χ2v) is 9.05. The van der Waals surface area contributed by atoms with Crippen molar-refractivity contribution in [3.63, 3.8) is 0 Å². The lowest BCUT2D eigenvalue weighted by atomic mass is 10.1. The number of benzene rings is 2. The number of thioether (sulfide) groups is 1. The van der Waals surface area contributed by atoms with Crippen molar-refractivity contribution in [2.24, 2.45) is 5.92 Å². The second kappa shape index (κ2) is 11.3. The maximum atomic E-state index is 13.1. The molecular weight excluding hydrogens is 404 g/mol. The zero-order chi connectivity index (χ0) is 21.4. The minimum absolute atomic E-state index is 0.0707. The Kier molecular flexibility index (Phi) is 9.05. The molecule has 2 aromatic rings. The van der Waals surface area contributed by atoms with Gasteiger partial charge in [-0.05, 0) is 49.6 Å². The molecule has 0 radical (unpaired) electrons. The van der Waals surface area contributed by atoms with E-state index in [0.29, 0.717) is 24.0 Å². The molecule has 2 amide bonds. The van der Waals surface area contributed by atoms with Gasteiger partial charge in [0.25, 0.3) is 0 Å². The lowest BCUT2D eigenvalue weighted by Gasteiger charge is -2.29. The normalized spacial score (nSPS) is 11.9. The van der Waals surface area contributed by atoms with Gasteiger partial charge in [0.05, 0.1) is 5.75 Å². The van der Waals surface area contributed by atoms with Crippen molar-refractivity contribution in [1.29, 1.82) is 0 Å². The van der Waals surface area contributed by atoms with Crippen molar-refractivity contribution in [2.75, 3.05) is 12.3 Å². The molecule has 0 spiro atoms. The summed E-state index contributed by atoms with van der Waals surface area (Å²) in [6.45, 7) is 8.89. The van der Waals surface area contributed by atoms with E-state index in [-0.39, 0.29) is 17.6 Å². The number of hydrogen-bond acceptors (Lipinski definition) is 3. The Hall–Kier alpha value is -1.98. The molecule has 0 saturated carbocycles. The number of nitrogens with zero attached hydrogens (tertiary/aromatic N) is 1. The van der Waals surface area contributed by atoms with Crippen LogP contribution in [0.15, 0.2) is 53.4 Å². The molecule has 0 unspecified atom stereocenters. The molecule has 0 aliphatic carbocycles. The Morgan fingerprint density at radius 2 is 1.79 bits per heavy atom. The van der Waals surface area contributed by atoms with Gasteiger partial charge in [-0.1, -0.05) is 55.3 Å². The quantitative estimate of drug-likeness (QED) is 0.571. The number of nitrogens with one attached hydrogen (secondary N) is 1. The first kappa shape index (κ1) is 23.3. The van der Waals surface area contributed by atoms with Crippen LogP contribution in [-0.4, -0.2) is 35.1 Å². The van der Waals surface area contributed by atoms with Gasteiger partial charge in [-0.15, -0.1) is 11.8 Å². The summed E-state index contributed by atoms with van der Waals surface area (Å²) in [5, 5.41) is 3.60. The van der Waals surface area contributed by atoms with Crippen LogP contribution in [0.5, 0.6) is 0 Å². The molecule has 2 aromatic carbocycles. The fourth-order valence-electron chi connectivity index (χ4n) is 2.80. The molecular formula is C23H29ClN2O2S. The molecule has 0 saturated heterocycles.